The zero-order valence-corrected chi connectivity index (χ0v) is 17.4. The van der Waals surface area contributed by atoms with Gasteiger partial charge in [0.05, 0.1) is 12.6 Å². The maximum absolute atomic E-state index is 12.7. The summed E-state index contributed by atoms with van der Waals surface area (Å²) in [5.41, 5.74) is 6.03. The molecule has 1 aliphatic heterocycles. The number of hydrogen-bond donors (Lipinski definition) is 1. The molecule has 3 atom stereocenters. The van der Waals surface area contributed by atoms with Crippen LogP contribution in [0.5, 0.6) is 0 Å². The predicted molar refractivity (Wildman–Crippen MR) is 114 cm³/mol. The number of quaternary nitrogens is 1. The maximum Gasteiger partial charge on any atom is 0.186 e. The van der Waals surface area contributed by atoms with Crippen LogP contribution in [-0.2, 0) is 0 Å². The Balaban J connectivity index is 1.99. The van der Waals surface area contributed by atoms with Gasteiger partial charge in [0, 0.05) is 0 Å². The minimum Gasteiger partial charge on any atom is -0.626 e. The van der Waals surface area contributed by atoms with E-state index in [0.717, 1.165) is 6.42 Å². The summed E-state index contributed by atoms with van der Waals surface area (Å²) in [5, 5.41) is 12.7. The number of aliphatic imine (C=N–C) groups is 1. The fourth-order valence-corrected chi connectivity index (χ4v) is 3.75. The second kappa shape index (κ2) is 14.4. The van der Waals surface area contributed by atoms with Crippen LogP contribution in [0.2, 0.25) is 0 Å². The molecule has 3 unspecified atom stereocenters. The molecule has 0 saturated carbocycles. The van der Waals surface area contributed by atoms with Crippen LogP contribution in [0.25, 0.3) is 0 Å². The molecule has 0 aliphatic carbocycles. The van der Waals surface area contributed by atoms with Gasteiger partial charge in [0.2, 0.25) is 0 Å². The number of allylic oxidation sites excluding steroid dienone is 1. The van der Waals surface area contributed by atoms with Crippen molar-refractivity contribution >= 4 is 6.34 Å². The van der Waals surface area contributed by atoms with E-state index in [4.69, 9.17) is 5.73 Å². The fourth-order valence-electron chi connectivity index (χ4n) is 3.75. The summed E-state index contributed by atoms with van der Waals surface area (Å²) in [7, 11) is 0. The molecule has 1 aliphatic rings. The largest absolute Gasteiger partial charge is 0.626 e. The van der Waals surface area contributed by atoms with Gasteiger partial charge in [0.1, 0.15) is 12.6 Å². The molecule has 1 heterocycles. The number of nitrogens with zero attached hydrogens (tertiary/aromatic N) is 2. The number of unbranched alkanes of at least 4 members (excludes halogenated alkanes) is 12. The molecular formula is C22H43N3O. The molecule has 0 radical (unpaired) electrons. The molecule has 0 bridgehead atoms. The van der Waals surface area contributed by atoms with E-state index in [-0.39, 0.29) is 16.7 Å². The van der Waals surface area contributed by atoms with Gasteiger partial charge in [0.15, 0.2) is 6.34 Å². The lowest BCUT2D eigenvalue weighted by molar-refractivity contribution is -0.797. The molecule has 0 amide bonds. The third-order valence-corrected chi connectivity index (χ3v) is 5.46. The van der Waals surface area contributed by atoms with Crippen molar-refractivity contribution in [2.24, 2.45) is 10.7 Å². The first kappa shape index (κ1) is 23.3. The number of nitrogens with two attached hydrogens (primary N) is 1. The van der Waals surface area contributed by atoms with Crippen molar-refractivity contribution in [3.05, 3.63) is 17.4 Å². The lowest BCUT2D eigenvalue weighted by Crippen LogP contribution is -2.54. The fraction of sp³-hybridized carbons (Fsp3) is 0.864. The molecule has 0 spiro atoms. The lowest BCUT2D eigenvalue weighted by atomic mass is 10.0. The number of hydroxylamine groups is 3. The third-order valence-electron chi connectivity index (χ3n) is 5.46. The van der Waals surface area contributed by atoms with Gasteiger partial charge in [-0.2, -0.15) is 0 Å². The Morgan fingerprint density at radius 2 is 1.54 bits per heavy atom. The summed E-state index contributed by atoms with van der Waals surface area (Å²) in [4.78, 5) is 4.10. The van der Waals surface area contributed by atoms with Crippen molar-refractivity contribution < 1.29 is 4.65 Å². The van der Waals surface area contributed by atoms with E-state index in [1.807, 2.05) is 13.0 Å². The highest BCUT2D eigenvalue weighted by Crippen LogP contribution is 2.18. The van der Waals surface area contributed by atoms with Crippen LogP contribution in [0, 0.1) is 5.21 Å². The van der Waals surface area contributed by atoms with Crippen molar-refractivity contribution in [3.8, 4) is 0 Å². The van der Waals surface area contributed by atoms with E-state index in [0.29, 0.717) is 13.1 Å². The summed E-state index contributed by atoms with van der Waals surface area (Å²) in [6.45, 7) is 5.34. The Bertz CT molecular complexity index is 395. The van der Waals surface area contributed by atoms with E-state index in [9.17, 15) is 5.21 Å². The van der Waals surface area contributed by atoms with Gasteiger partial charge in [0.25, 0.3) is 0 Å². The topological polar surface area (TPSA) is 61.4 Å². The van der Waals surface area contributed by atoms with Gasteiger partial charge >= 0.3 is 0 Å². The van der Waals surface area contributed by atoms with Gasteiger partial charge in [-0.05, 0) is 25.8 Å². The predicted octanol–water partition coefficient (Wildman–Crippen LogP) is 5.71. The first-order chi connectivity index (χ1) is 12.6. The van der Waals surface area contributed by atoms with Gasteiger partial charge < -0.3 is 15.6 Å². The van der Waals surface area contributed by atoms with Crippen molar-refractivity contribution in [3.63, 3.8) is 0 Å². The minimum atomic E-state index is -0.382. The molecule has 0 aromatic heterocycles. The van der Waals surface area contributed by atoms with Crippen LogP contribution >= 0.6 is 0 Å². The van der Waals surface area contributed by atoms with E-state index < -0.39 is 0 Å². The Hall–Kier alpha value is -0.710. The molecule has 0 aromatic rings. The van der Waals surface area contributed by atoms with Crippen molar-refractivity contribution in [2.45, 2.75) is 109 Å². The smallest absolute Gasteiger partial charge is 0.186 e. The van der Waals surface area contributed by atoms with E-state index >= 15 is 0 Å². The average molecular weight is 366 g/mol. The Kier molecular flexibility index (Phi) is 12.9. The first-order valence-corrected chi connectivity index (χ1v) is 11.1. The molecule has 4 nitrogen and oxygen atoms in total. The summed E-state index contributed by atoms with van der Waals surface area (Å²) in [6, 6.07) is -0.339. The van der Waals surface area contributed by atoms with E-state index in [1.54, 1.807) is 0 Å². The van der Waals surface area contributed by atoms with E-state index in [2.05, 4.69) is 18.0 Å². The van der Waals surface area contributed by atoms with Gasteiger partial charge in [-0.3, -0.25) is 0 Å². The molecule has 2 N–H and O–H groups in total. The second-order valence-corrected chi connectivity index (χ2v) is 8.06. The summed E-state index contributed by atoms with van der Waals surface area (Å²) in [5.74, 6) is 0. The first-order valence-electron chi connectivity index (χ1n) is 11.1. The van der Waals surface area contributed by atoms with E-state index in [1.165, 1.54) is 83.4 Å². The minimum absolute atomic E-state index is 0.143. The lowest BCUT2D eigenvalue weighted by Gasteiger charge is -2.42. The molecule has 26 heavy (non-hydrogen) atoms. The SMILES string of the molecule is CCCCCCCCCCCCCC/C=C/C(C(C)N)[N+]1([O-])C=NCC1. The molecular weight excluding hydrogens is 322 g/mol. The Morgan fingerprint density at radius 1 is 1.00 bits per heavy atom. The normalized spacial score (nSPS) is 22.3. The highest BCUT2D eigenvalue weighted by molar-refractivity contribution is 5.49. The van der Waals surface area contributed by atoms with Crippen LogP contribution in [0.4, 0.5) is 0 Å². The van der Waals surface area contributed by atoms with Crippen LogP contribution in [0.1, 0.15) is 97.3 Å². The van der Waals surface area contributed by atoms with Crippen molar-refractivity contribution in [1.29, 1.82) is 0 Å². The monoisotopic (exact) mass is 365 g/mol. The zero-order valence-electron chi connectivity index (χ0n) is 17.4. The Labute approximate surface area is 162 Å². The summed E-state index contributed by atoms with van der Waals surface area (Å²) < 4.78 is -0.382. The van der Waals surface area contributed by atoms with Gasteiger partial charge in [-0.15, -0.1) is 0 Å². The van der Waals surface area contributed by atoms with Gasteiger partial charge in [-0.1, -0.05) is 83.6 Å². The molecule has 0 aromatic carbocycles. The molecule has 1 rings (SSSR count). The average Bonchev–Trinajstić information content (AvgIpc) is 3.05. The van der Waals surface area contributed by atoms with Crippen LogP contribution < -0.4 is 5.73 Å². The standard InChI is InChI=1S/C22H43N3O/c1-3-4-5-6-7-8-9-10-11-12-13-14-15-16-17-22(21(2)23)25(26)19-18-24-20-25/h16-17,20-22H,3-15,18-19,23H2,1-2H3/b17-16+. The molecule has 152 valence electrons. The highest BCUT2D eigenvalue weighted by atomic mass is 16.5. The van der Waals surface area contributed by atoms with Crippen LogP contribution in [-0.4, -0.2) is 36.2 Å². The molecule has 0 saturated heterocycles. The van der Waals surface area contributed by atoms with Gasteiger partial charge in [-0.25, -0.2) is 4.99 Å². The Morgan fingerprint density at radius 3 is 2.00 bits per heavy atom. The second-order valence-electron chi connectivity index (χ2n) is 8.06. The number of rotatable bonds is 16. The summed E-state index contributed by atoms with van der Waals surface area (Å²) in [6.07, 6.45) is 23.3. The van der Waals surface area contributed by atoms with Crippen LogP contribution in [0.15, 0.2) is 17.1 Å². The van der Waals surface area contributed by atoms with Crippen molar-refractivity contribution in [1.82, 2.24) is 0 Å². The molecule has 4 heteroatoms. The van der Waals surface area contributed by atoms with Crippen LogP contribution in [0.3, 0.4) is 0 Å². The number of hydrogen-bond acceptors (Lipinski definition) is 3. The van der Waals surface area contributed by atoms with Crippen molar-refractivity contribution in [2.75, 3.05) is 13.1 Å². The highest BCUT2D eigenvalue weighted by Gasteiger charge is 2.31. The molecule has 0 fully saturated rings. The third kappa shape index (κ3) is 9.84. The zero-order chi connectivity index (χ0) is 19.1. The maximum atomic E-state index is 12.7. The summed E-state index contributed by atoms with van der Waals surface area (Å²) >= 11 is 0. The quantitative estimate of drug-likeness (QED) is 0.165.